The minimum Gasteiger partial charge on any atom is -0.480 e. The Balaban J connectivity index is 4.05. The fourth-order valence-electron chi connectivity index (χ4n) is 1.17. The largest absolute Gasteiger partial charge is 0.480 e. The highest BCUT2D eigenvalue weighted by molar-refractivity contribution is 7.99. The average Bonchev–Trinajstić information content (AvgIpc) is 2.24. The Morgan fingerprint density at radius 3 is 2.47 bits per heavy atom. The molecule has 1 atom stereocenters. The molecule has 0 aliphatic carbocycles. The van der Waals surface area contributed by atoms with Crippen molar-refractivity contribution in [1.82, 2.24) is 5.32 Å². The van der Waals surface area contributed by atoms with Gasteiger partial charge in [0, 0.05) is 0 Å². The quantitative estimate of drug-likeness (QED) is 0.673. The van der Waals surface area contributed by atoms with Crippen molar-refractivity contribution < 1.29 is 23.8 Å². The lowest BCUT2D eigenvalue weighted by molar-refractivity contribution is -0.139. The molecule has 0 aromatic carbocycles. The van der Waals surface area contributed by atoms with Gasteiger partial charge in [0.15, 0.2) is 0 Å². The highest BCUT2D eigenvalue weighted by Gasteiger charge is 2.23. The molecule has 0 fully saturated rings. The Labute approximate surface area is 117 Å². The van der Waals surface area contributed by atoms with E-state index in [9.17, 15) is 14.0 Å². The zero-order chi connectivity index (χ0) is 14.9. The maximum absolute atomic E-state index is 11.9. The van der Waals surface area contributed by atoms with Crippen LogP contribution >= 0.6 is 11.8 Å². The maximum Gasteiger partial charge on any atom is 0.408 e. The molecule has 7 heteroatoms. The van der Waals surface area contributed by atoms with Gasteiger partial charge in [-0.15, -0.1) is 0 Å². The molecule has 0 aliphatic rings. The van der Waals surface area contributed by atoms with Crippen LogP contribution in [0.15, 0.2) is 0 Å². The molecule has 5 nitrogen and oxygen atoms in total. The minimum absolute atomic E-state index is 0.283. The van der Waals surface area contributed by atoms with Crippen LogP contribution in [0.2, 0.25) is 0 Å². The number of alkyl carbamates (subject to hydrolysis) is 1. The summed E-state index contributed by atoms with van der Waals surface area (Å²) in [4.78, 5) is 22.4. The molecule has 0 spiro atoms. The number of nitrogens with one attached hydrogen (secondary N) is 1. The summed E-state index contributed by atoms with van der Waals surface area (Å²) >= 11 is 1.47. The number of ether oxygens (including phenoxy) is 1. The maximum atomic E-state index is 11.9. The van der Waals surface area contributed by atoms with E-state index in [1.807, 2.05) is 0 Å². The first-order valence-electron chi connectivity index (χ1n) is 6.12. The van der Waals surface area contributed by atoms with Gasteiger partial charge >= 0.3 is 12.1 Å². The van der Waals surface area contributed by atoms with E-state index in [1.54, 1.807) is 20.8 Å². The molecule has 2 N–H and O–H groups in total. The lowest BCUT2D eigenvalue weighted by Crippen LogP contribution is -2.43. The van der Waals surface area contributed by atoms with Crippen molar-refractivity contribution >= 4 is 23.8 Å². The van der Waals surface area contributed by atoms with E-state index >= 15 is 0 Å². The van der Waals surface area contributed by atoms with Gasteiger partial charge in [-0.05, 0) is 45.1 Å². The van der Waals surface area contributed by atoms with Crippen molar-refractivity contribution in [3.63, 3.8) is 0 Å². The average molecular weight is 295 g/mol. The van der Waals surface area contributed by atoms with E-state index in [4.69, 9.17) is 9.84 Å². The number of alkyl halides is 1. The van der Waals surface area contributed by atoms with E-state index in [2.05, 4.69) is 5.32 Å². The summed E-state index contributed by atoms with van der Waals surface area (Å²) in [5.74, 6) is 0.0964. The van der Waals surface area contributed by atoms with Crippen LogP contribution in [0.5, 0.6) is 0 Å². The fraction of sp³-hybridized carbons (Fsp3) is 0.833. The van der Waals surface area contributed by atoms with Crippen molar-refractivity contribution in [3.8, 4) is 0 Å². The van der Waals surface area contributed by atoms with Crippen LogP contribution in [0, 0.1) is 0 Å². The molecule has 19 heavy (non-hydrogen) atoms. The van der Waals surface area contributed by atoms with Crippen molar-refractivity contribution in [1.29, 1.82) is 0 Å². The second kappa shape index (κ2) is 9.01. The molecule has 0 aliphatic heterocycles. The number of hydrogen-bond donors (Lipinski definition) is 2. The number of amides is 1. The summed E-state index contributed by atoms with van der Waals surface area (Å²) in [5.41, 5.74) is -0.664. The zero-order valence-electron chi connectivity index (χ0n) is 11.6. The van der Waals surface area contributed by atoms with Crippen molar-refractivity contribution in [2.45, 2.75) is 45.3 Å². The van der Waals surface area contributed by atoms with E-state index in [0.29, 0.717) is 17.9 Å². The molecular weight excluding hydrogens is 273 g/mol. The van der Waals surface area contributed by atoms with Gasteiger partial charge in [-0.1, -0.05) is 0 Å². The Morgan fingerprint density at radius 1 is 1.37 bits per heavy atom. The second-order valence-electron chi connectivity index (χ2n) is 4.98. The number of halogens is 1. The Hall–Kier alpha value is -0.980. The highest BCUT2D eigenvalue weighted by Crippen LogP contribution is 2.09. The molecule has 1 unspecified atom stereocenters. The van der Waals surface area contributed by atoms with E-state index in [0.717, 1.165) is 0 Å². The molecule has 112 valence electrons. The third kappa shape index (κ3) is 10.6. The van der Waals surface area contributed by atoms with E-state index in [1.165, 1.54) is 11.8 Å². The van der Waals surface area contributed by atoms with Gasteiger partial charge in [-0.3, -0.25) is 4.39 Å². The van der Waals surface area contributed by atoms with E-state index in [-0.39, 0.29) is 13.1 Å². The fourth-order valence-corrected chi connectivity index (χ4v) is 2.09. The van der Waals surface area contributed by atoms with Crippen LogP contribution in [0.3, 0.4) is 0 Å². The van der Waals surface area contributed by atoms with Gasteiger partial charge in [-0.2, -0.15) is 11.8 Å². The van der Waals surface area contributed by atoms with Crippen molar-refractivity contribution in [2.75, 3.05) is 18.2 Å². The first-order valence-corrected chi connectivity index (χ1v) is 7.28. The summed E-state index contributed by atoms with van der Waals surface area (Å²) < 4.78 is 16.8. The number of carboxylic acids is 1. The Bertz CT molecular complexity index is 294. The summed E-state index contributed by atoms with van der Waals surface area (Å²) in [6, 6.07) is -0.979. The van der Waals surface area contributed by atoms with Gasteiger partial charge in [0.25, 0.3) is 0 Å². The molecule has 0 radical (unpaired) electrons. The van der Waals surface area contributed by atoms with Crippen LogP contribution in [0.1, 0.15) is 33.6 Å². The van der Waals surface area contributed by atoms with Gasteiger partial charge < -0.3 is 15.2 Å². The SMILES string of the molecule is CC(C)(C)OC(=O)NC(CCSCCCF)C(=O)O. The number of aliphatic carboxylic acids is 1. The number of carbonyl (C=O) groups is 2. The second-order valence-corrected chi connectivity index (χ2v) is 6.21. The normalized spacial score (nSPS) is 12.8. The zero-order valence-corrected chi connectivity index (χ0v) is 12.4. The first-order chi connectivity index (χ1) is 8.76. The molecule has 1 amide bonds. The third-order valence-electron chi connectivity index (χ3n) is 1.96. The summed E-state index contributed by atoms with van der Waals surface area (Å²) in [6.07, 6.45) is 0.00150. The summed E-state index contributed by atoms with van der Waals surface area (Å²) in [5, 5.41) is 11.3. The van der Waals surface area contributed by atoms with Crippen molar-refractivity contribution in [2.24, 2.45) is 0 Å². The summed E-state index contributed by atoms with van der Waals surface area (Å²) in [6.45, 7) is 4.74. The minimum atomic E-state index is -1.10. The van der Waals surface area contributed by atoms with Gasteiger partial charge in [0.1, 0.15) is 11.6 Å². The molecule has 0 heterocycles. The van der Waals surface area contributed by atoms with E-state index < -0.39 is 23.7 Å². The number of rotatable bonds is 8. The standard InChI is InChI=1S/C12H22FNO4S/c1-12(2,3)18-11(17)14-9(10(15)16)5-8-19-7-4-6-13/h9H,4-8H2,1-3H3,(H,14,17)(H,15,16). The topological polar surface area (TPSA) is 75.6 Å². The number of carbonyl (C=O) groups excluding carboxylic acids is 1. The van der Waals surface area contributed by atoms with Crippen molar-refractivity contribution in [3.05, 3.63) is 0 Å². The lowest BCUT2D eigenvalue weighted by Gasteiger charge is -2.21. The lowest BCUT2D eigenvalue weighted by atomic mass is 10.2. The van der Waals surface area contributed by atoms with Crippen LogP contribution in [0.25, 0.3) is 0 Å². The molecule has 0 saturated heterocycles. The van der Waals surface area contributed by atoms with Gasteiger partial charge in [0.05, 0.1) is 6.67 Å². The van der Waals surface area contributed by atoms with Gasteiger partial charge in [-0.25, -0.2) is 9.59 Å². The number of thioether (sulfide) groups is 1. The Kier molecular flexibility index (Phi) is 8.54. The van der Waals surface area contributed by atoms with Crippen LogP contribution in [-0.2, 0) is 9.53 Å². The number of carboxylic acid groups (broad SMARTS) is 1. The molecule has 0 bridgehead atoms. The first kappa shape index (κ1) is 18.0. The smallest absolute Gasteiger partial charge is 0.408 e. The third-order valence-corrected chi connectivity index (χ3v) is 3.06. The summed E-state index contributed by atoms with van der Waals surface area (Å²) in [7, 11) is 0. The monoisotopic (exact) mass is 295 g/mol. The Morgan fingerprint density at radius 2 is 2.00 bits per heavy atom. The highest BCUT2D eigenvalue weighted by atomic mass is 32.2. The van der Waals surface area contributed by atoms with Gasteiger partial charge in [0.2, 0.25) is 0 Å². The predicted octanol–water partition coefficient (Wildman–Crippen LogP) is 2.45. The molecule has 0 saturated carbocycles. The van der Waals surface area contributed by atoms with Crippen LogP contribution in [-0.4, -0.2) is 47.0 Å². The predicted molar refractivity (Wildman–Crippen MR) is 73.3 cm³/mol. The molecule has 0 rings (SSSR count). The van der Waals surface area contributed by atoms with Crippen LogP contribution in [0.4, 0.5) is 9.18 Å². The molecular formula is C12H22FNO4S. The molecule has 0 aromatic rings. The molecule has 0 aromatic heterocycles. The number of hydrogen-bond acceptors (Lipinski definition) is 4. The van der Waals surface area contributed by atoms with Crippen LogP contribution < -0.4 is 5.32 Å².